The lowest BCUT2D eigenvalue weighted by Crippen LogP contribution is -2.25. The highest BCUT2D eigenvalue weighted by molar-refractivity contribution is 7.06. The molecule has 2 atom stereocenters. The number of hydrogen-bond donors (Lipinski definition) is 1. The van der Waals surface area contributed by atoms with E-state index in [2.05, 4.69) is 17.4 Å². The fraction of sp³-hybridized carbons (Fsp3) is 0.545. The first kappa shape index (κ1) is 9.87. The Morgan fingerprint density at radius 1 is 1.64 bits per heavy atom. The Hall–Kier alpha value is -0.670. The molecule has 3 heteroatoms. The van der Waals surface area contributed by atoms with E-state index in [0.29, 0.717) is 5.92 Å². The van der Waals surface area contributed by atoms with E-state index in [-0.39, 0.29) is 0 Å². The molecule has 1 heterocycles. The molecule has 76 valence electrons. The van der Waals surface area contributed by atoms with Crippen LogP contribution in [0.25, 0.3) is 0 Å². The molecular formula is C11H15NOS. The average molecular weight is 209 g/mol. The van der Waals surface area contributed by atoms with Crippen molar-refractivity contribution in [2.24, 2.45) is 5.92 Å². The third-order valence-corrected chi connectivity index (χ3v) is 3.78. The Labute approximate surface area is 88.5 Å². The van der Waals surface area contributed by atoms with Crippen LogP contribution in [0.4, 0.5) is 0 Å². The lowest BCUT2D eigenvalue weighted by molar-refractivity contribution is 0.0710. The van der Waals surface area contributed by atoms with E-state index in [1.165, 1.54) is 11.5 Å². The van der Waals surface area contributed by atoms with Gasteiger partial charge in [-0.1, -0.05) is 19.1 Å². The van der Waals surface area contributed by atoms with Gasteiger partial charge in [-0.05, 0) is 43.3 Å². The van der Waals surface area contributed by atoms with Gasteiger partial charge in [0.25, 0.3) is 0 Å². The van der Waals surface area contributed by atoms with Gasteiger partial charge in [0, 0.05) is 0 Å². The highest BCUT2D eigenvalue weighted by Crippen LogP contribution is 2.36. The van der Waals surface area contributed by atoms with E-state index in [1.54, 1.807) is 0 Å². The van der Waals surface area contributed by atoms with Crippen molar-refractivity contribution in [3.8, 4) is 0 Å². The molecule has 1 aromatic rings. The minimum absolute atomic E-state index is 0.587. The lowest BCUT2D eigenvalue weighted by atomic mass is 9.85. The van der Waals surface area contributed by atoms with E-state index in [1.807, 2.05) is 19.1 Å². The molecular weight excluding hydrogens is 194 g/mol. The second kappa shape index (κ2) is 3.48. The molecule has 0 spiro atoms. The number of aliphatic hydroxyl groups is 1. The molecule has 1 aromatic heterocycles. The van der Waals surface area contributed by atoms with Crippen LogP contribution in [0.2, 0.25) is 0 Å². The summed E-state index contributed by atoms with van der Waals surface area (Å²) in [6.07, 6.45) is 5.88. The zero-order chi connectivity index (χ0) is 10.2. The molecule has 0 aliphatic heterocycles. The van der Waals surface area contributed by atoms with Crippen LogP contribution in [-0.2, 0) is 5.60 Å². The summed E-state index contributed by atoms with van der Waals surface area (Å²) in [5.74, 6) is 0.587. The molecule has 0 radical (unpaired) electrons. The Bertz CT molecular complexity index is 358. The van der Waals surface area contributed by atoms with Gasteiger partial charge in [-0.3, -0.25) is 0 Å². The first-order valence-corrected chi connectivity index (χ1v) is 5.73. The summed E-state index contributed by atoms with van der Waals surface area (Å²) in [6.45, 7) is 4.13. The quantitative estimate of drug-likeness (QED) is 0.721. The Morgan fingerprint density at radius 3 is 2.93 bits per heavy atom. The molecule has 0 amide bonds. The third-order valence-electron chi connectivity index (χ3n) is 2.74. The number of aryl methyl sites for hydroxylation is 1. The molecule has 1 aliphatic rings. The summed E-state index contributed by atoms with van der Waals surface area (Å²) >= 11 is 1.40. The molecule has 0 aromatic carbocycles. The van der Waals surface area contributed by atoms with Gasteiger partial charge in [0.15, 0.2) is 0 Å². The monoisotopic (exact) mass is 209 g/mol. The van der Waals surface area contributed by atoms with E-state index < -0.39 is 5.60 Å². The van der Waals surface area contributed by atoms with E-state index in [9.17, 15) is 5.11 Å². The molecule has 0 fully saturated rings. The molecule has 2 rings (SSSR count). The van der Waals surface area contributed by atoms with Crippen molar-refractivity contribution >= 4 is 11.5 Å². The lowest BCUT2D eigenvalue weighted by Gasteiger charge is -2.28. The Kier molecular flexibility index (Phi) is 2.45. The first-order valence-electron chi connectivity index (χ1n) is 4.96. The minimum Gasteiger partial charge on any atom is -0.380 e. The number of rotatable bonds is 1. The topological polar surface area (TPSA) is 33.1 Å². The van der Waals surface area contributed by atoms with Gasteiger partial charge in [0.1, 0.15) is 5.60 Å². The van der Waals surface area contributed by atoms with Gasteiger partial charge in [-0.15, -0.1) is 0 Å². The molecule has 2 nitrogen and oxygen atoms in total. The maximum absolute atomic E-state index is 10.4. The average Bonchev–Trinajstić information content (AvgIpc) is 2.58. The van der Waals surface area contributed by atoms with Gasteiger partial charge in [-0.2, -0.15) is 4.37 Å². The van der Waals surface area contributed by atoms with E-state index in [0.717, 1.165) is 23.4 Å². The maximum atomic E-state index is 10.4. The summed E-state index contributed by atoms with van der Waals surface area (Å²) in [5, 5.41) is 10.4. The van der Waals surface area contributed by atoms with Crippen molar-refractivity contribution in [2.75, 3.05) is 0 Å². The van der Waals surface area contributed by atoms with Crippen LogP contribution in [-0.4, -0.2) is 9.48 Å². The fourth-order valence-corrected chi connectivity index (χ4v) is 2.57. The van der Waals surface area contributed by atoms with Crippen LogP contribution in [0.3, 0.4) is 0 Å². The van der Waals surface area contributed by atoms with Crippen molar-refractivity contribution in [2.45, 2.75) is 32.3 Å². The molecule has 0 saturated carbocycles. The summed E-state index contributed by atoms with van der Waals surface area (Å²) in [6, 6.07) is 1.98. The summed E-state index contributed by atoms with van der Waals surface area (Å²) < 4.78 is 4.20. The van der Waals surface area contributed by atoms with Crippen molar-refractivity contribution in [1.82, 2.24) is 4.37 Å². The normalized spacial score (nSPS) is 32.1. The van der Waals surface area contributed by atoms with Crippen molar-refractivity contribution in [3.05, 3.63) is 28.8 Å². The summed E-state index contributed by atoms with van der Waals surface area (Å²) in [7, 11) is 0. The SMILES string of the molecule is Cc1cc(C2(O)C=CC(C)CC2)sn1. The van der Waals surface area contributed by atoms with Gasteiger partial charge in [-0.25, -0.2) is 0 Å². The molecule has 14 heavy (non-hydrogen) atoms. The van der Waals surface area contributed by atoms with Crippen LogP contribution >= 0.6 is 11.5 Å². The fourth-order valence-electron chi connectivity index (χ4n) is 1.72. The van der Waals surface area contributed by atoms with Crippen molar-refractivity contribution < 1.29 is 5.11 Å². The number of allylic oxidation sites excluding steroid dienone is 1. The summed E-state index contributed by atoms with van der Waals surface area (Å²) in [5.41, 5.74) is 0.240. The number of aromatic nitrogens is 1. The molecule has 0 saturated heterocycles. The smallest absolute Gasteiger partial charge is 0.118 e. The van der Waals surface area contributed by atoms with Gasteiger partial charge >= 0.3 is 0 Å². The second-order valence-electron chi connectivity index (χ2n) is 4.13. The Morgan fingerprint density at radius 2 is 2.43 bits per heavy atom. The second-order valence-corrected chi connectivity index (χ2v) is 4.94. The highest BCUT2D eigenvalue weighted by Gasteiger charge is 2.31. The third kappa shape index (κ3) is 1.74. The Balaban J connectivity index is 2.29. The van der Waals surface area contributed by atoms with Crippen molar-refractivity contribution in [3.63, 3.8) is 0 Å². The van der Waals surface area contributed by atoms with Crippen LogP contribution in [0, 0.1) is 12.8 Å². The zero-order valence-corrected chi connectivity index (χ0v) is 9.34. The molecule has 1 N–H and O–H groups in total. The predicted octanol–water partition coefficient (Wildman–Crippen LogP) is 2.63. The molecule has 1 aliphatic carbocycles. The van der Waals surface area contributed by atoms with Crippen LogP contribution in [0.1, 0.15) is 30.3 Å². The minimum atomic E-state index is -0.752. The zero-order valence-electron chi connectivity index (χ0n) is 8.53. The van der Waals surface area contributed by atoms with Crippen LogP contribution in [0.5, 0.6) is 0 Å². The maximum Gasteiger partial charge on any atom is 0.118 e. The molecule has 0 bridgehead atoms. The van der Waals surface area contributed by atoms with Crippen molar-refractivity contribution in [1.29, 1.82) is 0 Å². The van der Waals surface area contributed by atoms with Gasteiger partial charge in [0.2, 0.25) is 0 Å². The largest absolute Gasteiger partial charge is 0.380 e. The number of nitrogens with zero attached hydrogens (tertiary/aromatic N) is 1. The summed E-state index contributed by atoms with van der Waals surface area (Å²) in [4.78, 5) is 0.971. The highest BCUT2D eigenvalue weighted by atomic mass is 32.1. The standard InChI is InChI=1S/C11H15NOS/c1-8-3-5-11(13,6-4-8)10-7-9(2)12-14-10/h3,5,7-8,13H,4,6H2,1-2H3. The van der Waals surface area contributed by atoms with Gasteiger partial charge in [0.05, 0.1) is 10.6 Å². The van der Waals surface area contributed by atoms with Gasteiger partial charge < -0.3 is 5.11 Å². The van der Waals surface area contributed by atoms with E-state index >= 15 is 0 Å². The predicted molar refractivity (Wildman–Crippen MR) is 58.3 cm³/mol. The first-order chi connectivity index (χ1) is 6.60. The number of hydrogen-bond acceptors (Lipinski definition) is 3. The van der Waals surface area contributed by atoms with Crippen LogP contribution < -0.4 is 0 Å². The molecule has 2 unspecified atom stereocenters. The van der Waals surface area contributed by atoms with Crippen LogP contribution in [0.15, 0.2) is 18.2 Å². The van der Waals surface area contributed by atoms with E-state index in [4.69, 9.17) is 0 Å².